The van der Waals surface area contributed by atoms with Crippen molar-refractivity contribution in [1.29, 1.82) is 0 Å². The van der Waals surface area contributed by atoms with Crippen LogP contribution in [0.5, 0.6) is 11.5 Å². The summed E-state index contributed by atoms with van der Waals surface area (Å²) in [4.78, 5) is 16.4. The van der Waals surface area contributed by atoms with Gasteiger partial charge in [-0.05, 0) is 36.8 Å². The summed E-state index contributed by atoms with van der Waals surface area (Å²) in [5.41, 5.74) is 1.70. The fourth-order valence-corrected chi connectivity index (χ4v) is 3.31. The van der Waals surface area contributed by atoms with E-state index in [-0.39, 0.29) is 24.2 Å². The molecule has 0 saturated heterocycles. The van der Waals surface area contributed by atoms with Crippen molar-refractivity contribution in [2.75, 3.05) is 38.7 Å². The van der Waals surface area contributed by atoms with Crippen molar-refractivity contribution in [2.45, 2.75) is 19.4 Å². The summed E-state index contributed by atoms with van der Waals surface area (Å²) in [6.45, 7) is 4.18. The number of ether oxygens (including phenoxy) is 2. The number of anilines is 1. The van der Waals surface area contributed by atoms with Crippen LogP contribution in [0.25, 0.3) is 0 Å². The van der Waals surface area contributed by atoms with Gasteiger partial charge < -0.3 is 19.3 Å². The maximum Gasteiger partial charge on any atom is 0.226 e. The number of rotatable bonds is 6. The average Bonchev–Trinajstić information content (AvgIpc) is 2.67. The van der Waals surface area contributed by atoms with Gasteiger partial charge in [0.25, 0.3) is 0 Å². The normalized spacial score (nSPS) is 15.7. The number of likely N-dealkylation sites (N-methyl/N-ethyl adjacent to an activating group) is 2. The van der Waals surface area contributed by atoms with Crippen molar-refractivity contribution in [2.24, 2.45) is 0 Å². The molecule has 2 aromatic rings. The molecule has 1 aliphatic rings. The van der Waals surface area contributed by atoms with Gasteiger partial charge in [-0.25, -0.2) is 4.39 Å². The van der Waals surface area contributed by atoms with Gasteiger partial charge in [0.1, 0.15) is 11.9 Å². The van der Waals surface area contributed by atoms with Gasteiger partial charge in [-0.15, -0.1) is 0 Å². The predicted octanol–water partition coefficient (Wildman–Crippen LogP) is 3.12. The largest absolute Gasteiger partial charge is 0.494 e. The minimum atomic E-state index is -0.462. The molecule has 144 valence electrons. The zero-order valence-corrected chi connectivity index (χ0v) is 15.9. The number of hydrogen-bond acceptors (Lipinski definition) is 4. The molecule has 1 amide bonds. The van der Waals surface area contributed by atoms with E-state index >= 15 is 0 Å². The van der Waals surface area contributed by atoms with Crippen molar-refractivity contribution in [3.63, 3.8) is 0 Å². The van der Waals surface area contributed by atoms with Gasteiger partial charge in [-0.2, -0.15) is 0 Å². The molecule has 1 atom stereocenters. The number of benzene rings is 2. The fourth-order valence-electron chi connectivity index (χ4n) is 3.31. The van der Waals surface area contributed by atoms with E-state index in [1.54, 1.807) is 18.0 Å². The number of carbonyl (C=O) groups is 1. The van der Waals surface area contributed by atoms with Gasteiger partial charge in [0.15, 0.2) is 11.6 Å². The highest BCUT2D eigenvalue weighted by Gasteiger charge is 2.26. The van der Waals surface area contributed by atoms with E-state index in [2.05, 4.69) is 11.8 Å². The minimum Gasteiger partial charge on any atom is -0.494 e. The third-order valence-electron chi connectivity index (χ3n) is 4.78. The lowest BCUT2D eigenvalue weighted by molar-refractivity contribution is -0.130. The van der Waals surface area contributed by atoms with Crippen molar-refractivity contribution >= 4 is 11.6 Å². The molecule has 1 heterocycles. The monoisotopic (exact) mass is 372 g/mol. The third-order valence-corrected chi connectivity index (χ3v) is 4.78. The molecule has 0 aliphatic carbocycles. The fraction of sp³-hybridized carbons (Fsp3) is 0.381. The summed E-state index contributed by atoms with van der Waals surface area (Å²) in [6, 6.07) is 12.5. The number of carbonyl (C=O) groups excluding carboxylic acids is 1. The molecule has 27 heavy (non-hydrogen) atoms. The van der Waals surface area contributed by atoms with Crippen molar-refractivity contribution in [3.8, 4) is 11.5 Å². The van der Waals surface area contributed by atoms with E-state index in [4.69, 9.17) is 9.47 Å². The number of halogens is 1. The number of fused-ring (bicyclic) bond motifs is 1. The van der Waals surface area contributed by atoms with Crippen LogP contribution in [0.4, 0.5) is 10.1 Å². The molecule has 0 bridgehead atoms. The van der Waals surface area contributed by atoms with Crippen LogP contribution in [0, 0.1) is 5.82 Å². The lowest BCUT2D eigenvalue weighted by Gasteiger charge is -2.37. The van der Waals surface area contributed by atoms with Crippen LogP contribution in [0.1, 0.15) is 12.5 Å². The minimum absolute atomic E-state index is 0.0786. The summed E-state index contributed by atoms with van der Waals surface area (Å²) < 4.78 is 24.8. The molecule has 2 aromatic carbocycles. The Hall–Kier alpha value is -2.76. The molecule has 0 unspecified atom stereocenters. The smallest absolute Gasteiger partial charge is 0.226 e. The summed E-state index contributed by atoms with van der Waals surface area (Å²) in [5.74, 6) is 0.475. The standard InChI is InChI=1S/C21H25FN2O3/c1-4-24-14-16(27-20-8-6-5-7-18(20)24)13-23(2)21(25)12-15-9-10-19(26-3)17(22)11-15/h5-11,16H,4,12-14H2,1-3H3/t16-/m0/s1. The van der Waals surface area contributed by atoms with Crippen LogP contribution in [0.2, 0.25) is 0 Å². The number of amides is 1. The molecule has 0 saturated carbocycles. The number of para-hydroxylation sites is 2. The molecule has 0 radical (unpaired) electrons. The van der Waals surface area contributed by atoms with Crippen molar-refractivity contribution in [1.82, 2.24) is 4.90 Å². The Balaban J connectivity index is 1.62. The Labute approximate surface area is 159 Å². The summed E-state index contributed by atoms with van der Waals surface area (Å²) in [5, 5.41) is 0. The first kappa shape index (κ1) is 19.0. The topological polar surface area (TPSA) is 42.0 Å². The molecule has 6 heteroatoms. The first-order chi connectivity index (χ1) is 13.0. The Bertz CT molecular complexity index is 812. The highest BCUT2D eigenvalue weighted by molar-refractivity contribution is 5.78. The van der Waals surface area contributed by atoms with Gasteiger partial charge in [0, 0.05) is 13.6 Å². The van der Waals surface area contributed by atoms with Gasteiger partial charge >= 0.3 is 0 Å². The summed E-state index contributed by atoms with van der Waals surface area (Å²) >= 11 is 0. The second-order valence-electron chi connectivity index (χ2n) is 6.67. The third kappa shape index (κ3) is 4.32. The molecule has 1 aliphatic heterocycles. The zero-order chi connectivity index (χ0) is 19.4. The molecule has 0 N–H and O–H groups in total. The van der Waals surface area contributed by atoms with Crippen LogP contribution in [-0.2, 0) is 11.2 Å². The molecule has 0 fully saturated rings. The highest BCUT2D eigenvalue weighted by atomic mass is 19.1. The highest BCUT2D eigenvalue weighted by Crippen LogP contribution is 2.32. The van der Waals surface area contributed by atoms with Gasteiger partial charge in [0.2, 0.25) is 5.91 Å². The second kappa shape index (κ2) is 8.29. The molecular weight excluding hydrogens is 347 g/mol. The number of nitrogens with zero attached hydrogens (tertiary/aromatic N) is 2. The SMILES string of the molecule is CCN1C[C@H](CN(C)C(=O)Cc2ccc(OC)c(F)c2)Oc2ccccc21. The van der Waals surface area contributed by atoms with Crippen molar-refractivity contribution in [3.05, 3.63) is 53.8 Å². The average molecular weight is 372 g/mol. The van der Waals surface area contributed by atoms with Gasteiger partial charge in [-0.3, -0.25) is 4.79 Å². The molecule has 0 spiro atoms. The Morgan fingerprint density at radius 2 is 2.11 bits per heavy atom. The van der Waals surface area contributed by atoms with Gasteiger partial charge in [0.05, 0.1) is 32.3 Å². The van der Waals surface area contributed by atoms with E-state index in [0.29, 0.717) is 12.1 Å². The lowest BCUT2D eigenvalue weighted by atomic mass is 10.1. The molecule has 0 aromatic heterocycles. The van der Waals surface area contributed by atoms with E-state index in [9.17, 15) is 9.18 Å². The van der Waals surface area contributed by atoms with E-state index < -0.39 is 5.82 Å². The van der Waals surface area contributed by atoms with Crippen LogP contribution in [0.15, 0.2) is 42.5 Å². The van der Waals surface area contributed by atoms with E-state index in [1.165, 1.54) is 19.2 Å². The molecule has 3 rings (SSSR count). The molecule has 5 nitrogen and oxygen atoms in total. The summed E-state index contributed by atoms with van der Waals surface area (Å²) in [7, 11) is 3.17. The van der Waals surface area contributed by atoms with Crippen LogP contribution < -0.4 is 14.4 Å². The Morgan fingerprint density at radius 3 is 2.81 bits per heavy atom. The first-order valence-corrected chi connectivity index (χ1v) is 9.08. The predicted molar refractivity (Wildman–Crippen MR) is 103 cm³/mol. The van der Waals surface area contributed by atoms with Crippen LogP contribution in [-0.4, -0.2) is 50.7 Å². The second-order valence-corrected chi connectivity index (χ2v) is 6.67. The van der Waals surface area contributed by atoms with E-state index in [0.717, 1.165) is 24.5 Å². The maximum absolute atomic E-state index is 13.8. The van der Waals surface area contributed by atoms with Crippen LogP contribution >= 0.6 is 0 Å². The molecular formula is C21H25FN2O3. The maximum atomic E-state index is 13.8. The zero-order valence-electron chi connectivity index (χ0n) is 15.9. The summed E-state index contributed by atoms with van der Waals surface area (Å²) in [6.07, 6.45) is 0.0273. The first-order valence-electron chi connectivity index (χ1n) is 9.08. The van der Waals surface area contributed by atoms with Crippen LogP contribution in [0.3, 0.4) is 0 Å². The lowest BCUT2D eigenvalue weighted by Crippen LogP contribution is -2.47. The Morgan fingerprint density at radius 1 is 1.33 bits per heavy atom. The van der Waals surface area contributed by atoms with Crippen molar-refractivity contribution < 1.29 is 18.7 Å². The van der Waals surface area contributed by atoms with Gasteiger partial charge in [-0.1, -0.05) is 18.2 Å². The van der Waals surface area contributed by atoms with E-state index in [1.807, 2.05) is 24.3 Å². The number of hydrogen-bond donors (Lipinski definition) is 0. The Kier molecular flexibility index (Phi) is 5.84. The number of methoxy groups -OCH3 is 1. The quantitative estimate of drug-likeness (QED) is 0.781.